The molecule has 0 heterocycles. The summed E-state index contributed by atoms with van der Waals surface area (Å²) in [6.45, 7) is 8.33. The molecule has 0 aliphatic rings. The van der Waals surface area contributed by atoms with Crippen molar-refractivity contribution in [3.8, 4) is 0 Å². The molecule has 0 radical (unpaired) electrons. The van der Waals surface area contributed by atoms with Gasteiger partial charge < -0.3 is 10.4 Å². The Morgan fingerprint density at radius 3 is 2.25 bits per heavy atom. The molecule has 0 fully saturated rings. The second kappa shape index (κ2) is 6.86. The maximum Gasteiger partial charge on any atom is 0.234 e. The number of hydrogen-bond acceptors (Lipinski definition) is 3. The van der Waals surface area contributed by atoms with E-state index in [4.69, 9.17) is 0 Å². The van der Waals surface area contributed by atoms with Gasteiger partial charge in [-0.15, -0.1) is 0 Å². The molecule has 96 valence electrons. The van der Waals surface area contributed by atoms with Gasteiger partial charge in [0.1, 0.15) is 0 Å². The highest BCUT2D eigenvalue weighted by atomic mass is 16.3. The third-order valence-electron chi connectivity index (χ3n) is 3.15. The number of hydrogen-bond donors (Lipinski definition) is 2. The van der Waals surface area contributed by atoms with Gasteiger partial charge in [-0.2, -0.15) is 0 Å². The minimum Gasteiger partial charge on any atom is -0.394 e. The summed E-state index contributed by atoms with van der Waals surface area (Å²) in [5.41, 5.74) is -0.356. The lowest BCUT2D eigenvalue weighted by Crippen LogP contribution is -2.50. The second-order valence-corrected chi connectivity index (χ2v) is 4.91. The van der Waals surface area contributed by atoms with Gasteiger partial charge in [0, 0.05) is 11.6 Å². The number of aliphatic hydroxyl groups is 1. The maximum absolute atomic E-state index is 11.7. The Balaban J connectivity index is 4.14. The van der Waals surface area contributed by atoms with Crippen molar-refractivity contribution in [3.05, 3.63) is 0 Å². The van der Waals surface area contributed by atoms with E-state index in [1.807, 2.05) is 25.8 Å². The molecular weight excluding hydrogens is 204 g/mol. The lowest BCUT2D eigenvalue weighted by atomic mass is 10.1. The van der Waals surface area contributed by atoms with Gasteiger partial charge in [-0.1, -0.05) is 13.8 Å². The average Bonchev–Trinajstić information content (AvgIpc) is 2.25. The summed E-state index contributed by atoms with van der Waals surface area (Å²) in [7, 11) is 1.85. The van der Waals surface area contributed by atoms with E-state index in [-0.39, 0.29) is 24.1 Å². The molecule has 0 rings (SSSR count). The van der Waals surface area contributed by atoms with Crippen molar-refractivity contribution in [2.75, 3.05) is 20.2 Å². The van der Waals surface area contributed by atoms with Crippen LogP contribution in [-0.4, -0.2) is 47.7 Å². The Morgan fingerprint density at radius 1 is 1.38 bits per heavy atom. The van der Waals surface area contributed by atoms with Crippen LogP contribution in [0.3, 0.4) is 0 Å². The van der Waals surface area contributed by atoms with Gasteiger partial charge in [-0.25, -0.2) is 0 Å². The third kappa shape index (κ3) is 4.94. The van der Waals surface area contributed by atoms with Crippen LogP contribution in [0, 0.1) is 0 Å². The number of aliphatic hydroxyl groups excluding tert-OH is 1. The molecule has 0 aromatic rings. The molecule has 0 aromatic heterocycles. The van der Waals surface area contributed by atoms with Gasteiger partial charge in [0.25, 0.3) is 0 Å². The van der Waals surface area contributed by atoms with Crippen LogP contribution in [0.1, 0.15) is 40.5 Å². The van der Waals surface area contributed by atoms with Crippen LogP contribution in [0.15, 0.2) is 0 Å². The number of rotatable bonds is 7. The van der Waals surface area contributed by atoms with E-state index in [1.165, 1.54) is 0 Å². The van der Waals surface area contributed by atoms with E-state index in [9.17, 15) is 9.90 Å². The molecule has 0 atom stereocenters. The summed E-state index contributed by atoms with van der Waals surface area (Å²) in [6, 6.07) is 0.262. The van der Waals surface area contributed by atoms with Crippen molar-refractivity contribution in [2.45, 2.75) is 52.1 Å². The first-order valence-corrected chi connectivity index (χ1v) is 5.98. The van der Waals surface area contributed by atoms with Crippen LogP contribution in [0.4, 0.5) is 0 Å². The van der Waals surface area contributed by atoms with E-state index in [0.29, 0.717) is 6.54 Å². The molecule has 0 unspecified atom stereocenters. The van der Waals surface area contributed by atoms with Gasteiger partial charge in [0.2, 0.25) is 5.91 Å². The van der Waals surface area contributed by atoms with Gasteiger partial charge in [-0.05, 0) is 33.7 Å². The summed E-state index contributed by atoms with van der Waals surface area (Å²) in [4.78, 5) is 13.6. The van der Waals surface area contributed by atoms with Gasteiger partial charge >= 0.3 is 0 Å². The minimum atomic E-state index is -0.356. The first-order valence-electron chi connectivity index (χ1n) is 5.98. The number of nitrogens with one attached hydrogen (secondary N) is 1. The molecule has 1 amide bonds. The Labute approximate surface area is 99.0 Å². The summed E-state index contributed by atoms with van der Waals surface area (Å²) in [6.07, 6.45) is 1.91. The van der Waals surface area contributed by atoms with Crippen molar-refractivity contribution < 1.29 is 9.90 Å². The smallest absolute Gasteiger partial charge is 0.234 e. The molecule has 0 aromatic carbocycles. The fourth-order valence-corrected chi connectivity index (χ4v) is 1.32. The normalized spacial score (nSPS) is 12.2. The molecular formula is C12H26N2O2. The molecule has 2 N–H and O–H groups in total. The predicted octanol–water partition coefficient (Wildman–Crippen LogP) is 0.994. The van der Waals surface area contributed by atoms with Crippen molar-refractivity contribution in [2.24, 2.45) is 0 Å². The fraction of sp³-hybridized carbons (Fsp3) is 0.917. The zero-order valence-corrected chi connectivity index (χ0v) is 11.2. The lowest BCUT2D eigenvalue weighted by Gasteiger charge is -2.33. The number of likely N-dealkylation sites (N-methyl/N-ethyl adjacent to an activating group) is 1. The van der Waals surface area contributed by atoms with E-state index in [0.717, 1.165) is 12.8 Å². The number of carbonyl (C=O) groups excluding carboxylic acids is 1. The van der Waals surface area contributed by atoms with Crippen molar-refractivity contribution in [3.63, 3.8) is 0 Å². The van der Waals surface area contributed by atoms with Crippen LogP contribution >= 0.6 is 0 Å². The quantitative estimate of drug-likeness (QED) is 0.686. The van der Waals surface area contributed by atoms with Crippen LogP contribution in [0.5, 0.6) is 0 Å². The zero-order valence-electron chi connectivity index (χ0n) is 11.2. The standard InChI is InChI=1S/C12H26N2O2/c1-6-10(7-2)13-11(16)8-14(5)12(3,4)9-15/h10,15H,6-9H2,1-5H3,(H,13,16). The first kappa shape index (κ1) is 15.4. The summed E-state index contributed by atoms with van der Waals surface area (Å²) in [5.74, 6) is 0.0257. The van der Waals surface area contributed by atoms with Gasteiger partial charge in [-0.3, -0.25) is 9.69 Å². The molecule has 4 nitrogen and oxygen atoms in total. The highest BCUT2D eigenvalue weighted by Gasteiger charge is 2.24. The van der Waals surface area contributed by atoms with Gasteiger partial charge in [0.15, 0.2) is 0 Å². The van der Waals surface area contributed by atoms with Crippen molar-refractivity contribution >= 4 is 5.91 Å². The lowest BCUT2D eigenvalue weighted by molar-refractivity contribution is -0.124. The average molecular weight is 230 g/mol. The van der Waals surface area contributed by atoms with Crippen LogP contribution in [-0.2, 0) is 4.79 Å². The number of amides is 1. The van der Waals surface area contributed by atoms with Crippen LogP contribution in [0.25, 0.3) is 0 Å². The zero-order chi connectivity index (χ0) is 12.8. The van der Waals surface area contributed by atoms with E-state index in [1.54, 1.807) is 0 Å². The molecule has 0 aliphatic carbocycles. The van der Waals surface area contributed by atoms with E-state index in [2.05, 4.69) is 19.2 Å². The number of carbonyl (C=O) groups is 1. The molecule has 0 aliphatic heterocycles. The molecule has 0 saturated carbocycles. The predicted molar refractivity (Wildman–Crippen MR) is 66.3 cm³/mol. The Kier molecular flexibility index (Phi) is 6.60. The van der Waals surface area contributed by atoms with E-state index >= 15 is 0 Å². The second-order valence-electron chi connectivity index (χ2n) is 4.91. The summed E-state index contributed by atoms with van der Waals surface area (Å²) >= 11 is 0. The summed E-state index contributed by atoms with van der Waals surface area (Å²) in [5, 5.41) is 12.2. The fourth-order valence-electron chi connectivity index (χ4n) is 1.32. The summed E-state index contributed by atoms with van der Waals surface area (Å²) < 4.78 is 0. The monoisotopic (exact) mass is 230 g/mol. The topological polar surface area (TPSA) is 52.6 Å². The third-order valence-corrected chi connectivity index (χ3v) is 3.15. The Morgan fingerprint density at radius 2 is 1.88 bits per heavy atom. The Hall–Kier alpha value is -0.610. The van der Waals surface area contributed by atoms with Crippen molar-refractivity contribution in [1.82, 2.24) is 10.2 Å². The number of nitrogens with zero attached hydrogens (tertiary/aromatic N) is 1. The van der Waals surface area contributed by atoms with Crippen molar-refractivity contribution in [1.29, 1.82) is 0 Å². The molecule has 16 heavy (non-hydrogen) atoms. The molecule has 0 spiro atoms. The largest absolute Gasteiger partial charge is 0.394 e. The minimum absolute atomic E-state index is 0.0257. The molecule has 4 heteroatoms. The first-order chi connectivity index (χ1) is 7.37. The highest BCUT2D eigenvalue weighted by Crippen LogP contribution is 2.10. The van der Waals surface area contributed by atoms with Crippen LogP contribution in [0.2, 0.25) is 0 Å². The van der Waals surface area contributed by atoms with E-state index < -0.39 is 0 Å². The Bertz CT molecular complexity index is 213. The SMILES string of the molecule is CCC(CC)NC(=O)CN(C)C(C)(C)CO. The molecule has 0 bridgehead atoms. The van der Waals surface area contributed by atoms with Gasteiger partial charge in [0.05, 0.1) is 13.2 Å². The molecule has 0 saturated heterocycles. The highest BCUT2D eigenvalue weighted by molar-refractivity contribution is 5.78. The van der Waals surface area contributed by atoms with Crippen LogP contribution < -0.4 is 5.32 Å². The maximum atomic E-state index is 11.7.